The topological polar surface area (TPSA) is 107 Å². The number of halogens is 1. The van der Waals surface area contributed by atoms with Crippen molar-refractivity contribution in [3.05, 3.63) is 136 Å². The van der Waals surface area contributed by atoms with Gasteiger partial charge in [0.2, 0.25) is 11.8 Å². The van der Waals surface area contributed by atoms with Gasteiger partial charge < -0.3 is 29.8 Å². The smallest absolute Gasteiger partial charge is 0.242 e. The van der Waals surface area contributed by atoms with Crippen LogP contribution < -0.4 is 9.80 Å². The molecule has 11 nitrogen and oxygen atoms in total. The summed E-state index contributed by atoms with van der Waals surface area (Å²) < 4.78 is 0. The number of rotatable bonds is 11. The summed E-state index contributed by atoms with van der Waals surface area (Å²) in [5.74, 6) is -0.0543. The summed E-state index contributed by atoms with van der Waals surface area (Å²) in [6, 6.07) is 32.2. The van der Waals surface area contributed by atoms with Gasteiger partial charge in [0.1, 0.15) is 0 Å². The fourth-order valence-electron chi connectivity index (χ4n) is 9.64. The highest BCUT2D eigenvalue weighted by Gasteiger charge is 2.36. The van der Waals surface area contributed by atoms with E-state index >= 15 is 0 Å². The molecule has 0 bridgehead atoms. The zero-order valence-corrected chi connectivity index (χ0v) is 34.1. The maximum Gasteiger partial charge on any atom is 0.242 e. The van der Waals surface area contributed by atoms with Crippen LogP contribution >= 0.6 is 11.6 Å². The van der Waals surface area contributed by atoms with Crippen LogP contribution in [0.1, 0.15) is 33.9 Å². The second kappa shape index (κ2) is 17.3. The molecule has 3 unspecified atom stereocenters. The van der Waals surface area contributed by atoms with E-state index in [2.05, 4.69) is 75.4 Å². The molecule has 3 atom stereocenters. The minimum absolute atomic E-state index is 0.0205. The van der Waals surface area contributed by atoms with Gasteiger partial charge in [-0.2, -0.15) is 0 Å². The van der Waals surface area contributed by atoms with Gasteiger partial charge in [-0.1, -0.05) is 78.3 Å². The molecule has 2 saturated heterocycles. The Hall–Kier alpha value is -5.04. The molecule has 4 aliphatic rings. The molecular weight excluding hydrogens is 762 g/mol. The molecule has 1 aromatic heterocycles. The largest absolute Gasteiger partial charge is 0.390 e. The Morgan fingerprint density at radius 3 is 2.05 bits per heavy atom. The van der Waals surface area contributed by atoms with E-state index in [-0.39, 0.29) is 31.4 Å². The zero-order chi connectivity index (χ0) is 40.5. The van der Waals surface area contributed by atoms with E-state index in [1.165, 1.54) is 22.3 Å². The van der Waals surface area contributed by atoms with Crippen molar-refractivity contribution in [3.63, 3.8) is 0 Å². The number of aromatic nitrogens is 1. The van der Waals surface area contributed by atoms with E-state index in [0.29, 0.717) is 50.8 Å². The summed E-state index contributed by atoms with van der Waals surface area (Å²) in [5, 5.41) is 25.0. The van der Waals surface area contributed by atoms with Crippen molar-refractivity contribution in [2.45, 2.75) is 44.2 Å². The van der Waals surface area contributed by atoms with Crippen LogP contribution in [-0.2, 0) is 35.5 Å². The number of aliphatic hydroxyl groups excluding tert-OH is 2. The number of amides is 2. The number of benzene rings is 4. The Morgan fingerprint density at radius 2 is 1.31 bits per heavy atom. The van der Waals surface area contributed by atoms with Crippen LogP contribution in [0.4, 0.5) is 11.4 Å². The summed E-state index contributed by atoms with van der Waals surface area (Å²) >= 11 is 6.27. The second-order valence-corrected chi connectivity index (χ2v) is 16.9. The van der Waals surface area contributed by atoms with Crippen LogP contribution in [0.5, 0.6) is 0 Å². The monoisotopic (exact) mass is 813 g/mol. The first-order chi connectivity index (χ1) is 28.8. The third kappa shape index (κ3) is 8.53. The molecular formula is C47H52ClN7O4. The third-order valence-electron chi connectivity index (χ3n) is 12.7. The van der Waals surface area contributed by atoms with Crippen LogP contribution in [0.25, 0.3) is 10.9 Å². The van der Waals surface area contributed by atoms with E-state index < -0.39 is 18.2 Å². The molecule has 0 aliphatic carbocycles. The molecule has 0 spiro atoms. The van der Waals surface area contributed by atoms with Crippen molar-refractivity contribution in [3.8, 4) is 0 Å². The summed E-state index contributed by atoms with van der Waals surface area (Å²) in [4.78, 5) is 44.5. The number of nitrogens with zero attached hydrogens (tertiary/aromatic N) is 7. The number of pyridine rings is 1. The van der Waals surface area contributed by atoms with Crippen LogP contribution in [0, 0.1) is 0 Å². The number of hydrogen-bond donors (Lipinski definition) is 2. The van der Waals surface area contributed by atoms with Crippen LogP contribution in [0.3, 0.4) is 0 Å². The molecule has 5 heterocycles. The van der Waals surface area contributed by atoms with Crippen molar-refractivity contribution in [1.82, 2.24) is 24.6 Å². The van der Waals surface area contributed by atoms with Crippen molar-refractivity contribution >= 4 is 45.7 Å². The van der Waals surface area contributed by atoms with E-state index in [9.17, 15) is 19.8 Å². The van der Waals surface area contributed by atoms with E-state index in [1.54, 1.807) is 16.0 Å². The van der Waals surface area contributed by atoms with Crippen LogP contribution in [0.15, 0.2) is 103 Å². The summed E-state index contributed by atoms with van der Waals surface area (Å²) in [6.45, 7) is 6.81. The number of anilines is 2. The number of carbonyl (C=O) groups is 2. The van der Waals surface area contributed by atoms with Crippen molar-refractivity contribution in [2.24, 2.45) is 0 Å². The van der Waals surface area contributed by atoms with Gasteiger partial charge in [0.25, 0.3) is 0 Å². The van der Waals surface area contributed by atoms with Gasteiger partial charge >= 0.3 is 0 Å². The summed E-state index contributed by atoms with van der Waals surface area (Å²) in [6.07, 6.45) is 2.09. The molecule has 59 heavy (non-hydrogen) atoms. The molecule has 2 amide bonds. The molecule has 9 rings (SSSR count). The average Bonchev–Trinajstić information content (AvgIpc) is 3.25. The lowest BCUT2D eigenvalue weighted by molar-refractivity contribution is -0.133. The first kappa shape index (κ1) is 39.4. The number of fused-ring (bicyclic) bond motifs is 3. The van der Waals surface area contributed by atoms with Crippen molar-refractivity contribution in [2.75, 3.05) is 81.8 Å². The number of hydrogen-bond acceptors (Lipinski definition) is 9. The molecule has 12 heteroatoms. The molecule has 0 saturated carbocycles. The Bertz CT molecular complexity index is 2330. The predicted octanol–water partition coefficient (Wildman–Crippen LogP) is 4.77. The number of piperazine rings is 2. The van der Waals surface area contributed by atoms with Gasteiger partial charge in [-0.3, -0.25) is 24.4 Å². The highest BCUT2D eigenvalue weighted by Crippen LogP contribution is 2.38. The highest BCUT2D eigenvalue weighted by molar-refractivity contribution is 6.30. The number of β-amino-alcohol motifs (C(OH)–C–C–N with tert-alkyl or cyclic N) is 2. The second-order valence-electron chi connectivity index (χ2n) is 16.5. The van der Waals surface area contributed by atoms with Gasteiger partial charge in [-0.25, -0.2) is 0 Å². The minimum Gasteiger partial charge on any atom is -0.390 e. The van der Waals surface area contributed by atoms with Gasteiger partial charge in [0.05, 0.1) is 42.5 Å². The normalized spacial score (nSPS) is 19.4. The van der Waals surface area contributed by atoms with E-state index in [4.69, 9.17) is 16.6 Å². The third-order valence-corrected chi connectivity index (χ3v) is 12.9. The highest BCUT2D eigenvalue weighted by atomic mass is 35.5. The Labute approximate surface area is 351 Å². The van der Waals surface area contributed by atoms with E-state index in [0.717, 1.165) is 60.3 Å². The van der Waals surface area contributed by atoms with Gasteiger partial charge in [-0.15, -0.1) is 0 Å². The molecule has 0 radical (unpaired) electrons. The van der Waals surface area contributed by atoms with Gasteiger partial charge in [-0.05, 0) is 71.0 Å². The minimum atomic E-state index is -0.882. The lowest BCUT2D eigenvalue weighted by Gasteiger charge is -2.42. The fourth-order valence-corrected chi connectivity index (χ4v) is 9.83. The maximum atomic E-state index is 13.7. The molecule has 4 aliphatic heterocycles. The fraction of sp³-hybridized carbons (Fsp3) is 0.383. The van der Waals surface area contributed by atoms with E-state index in [1.807, 2.05) is 41.3 Å². The first-order valence-corrected chi connectivity index (χ1v) is 21.3. The van der Waals surface area contributed by atoms with Gasteiger partial charge in [0.15, 0.2) is 0 Å². The number of carbonyl (C=O) groups excluding carboxylic acids is 2. The molecule has 5 aromatic rings. The SMILES string of the molecule is O=C1CN(c2ccc(C(C(O)CN3CCN(c4cccc(Cl)c4)CC3=O)N3CCc4ccccc4C3)c3cccnc23)CCN1CC(O)CN1CCc2ccccc2C1. The first-order valence-electron chi connectivity index (χ1n) is 20.9. The standard InChI is InChI=1S/C47H52ClN7O4/c48-37-11-5-12-38(25-37)51-21-23-54(44(58)31-51)30-43(57)47(55-20-17-34-8-2-4-10-36(34)27-55)41-14-15-42(46-40(41)13-6-18-49-46)52-22-24-53(45(59)32-52)29-39(56)28-50-19-16-33-7-1-3-9-35(33)26-50/h1-15,18,25,39,43,47,56-57H,16-17,19-24,26-32H2. The van der Waals surface area contributed by atoms with Crippen molar-refractivity contribution < 1.29 is 19.8 Å². The lowest BCUT2D eigenvalue weighted by atomic mass is 9.91. The molecule has 2 fully saturated rings. The molecule has 306 valence electrons. The average molecular weight is 814 g/mol. The van der Waals surface area contributed by atoms with Gasteiger partial charge in [0, 0.05) is 94.3 Å². The maximum absolute atomic E-state index is 13.7. The van der Waals surface area contributed by atoms with Crippen molar-refractivity contribution in [1.29, 1.82) is 0 Å². The quantitative estimate of drug-likeness (QED) is 0.195. The Kier molecular flexibility index (Phi) is 11.5. The summed E-state index contributed by atoms with van der Waals surface area (Å²) in [5.41, 5.74) is 8.75. The Morgan fingerprint density at radius 1 is 0.627 bits per heavy atom. The van der Waals surface area contributed by atoms with Crippen LogP contribution in [-0.4, -0.2) is 131 Å². The molecule has 2 N–H and O–H groups in total. The molecule has 4 aromatic carbocycles. The Balaban J connectivity index is 0.921. The lowest BCUT2D eigenvalue weighted by Crippen LogP contribution is -2.54. The zero-order valence-electron chi connectivity index (χ0n) is 33.4. The summed E-state index contributed by atoms with van der Waals surface area (Å²) in [7, 11) is 0. The van der Waals surface area contributed by atoms with Crippen LogP contribution in [0.2, 0.25) is 5.02 Å². The number of aliphatic hydroxyl groups is 2. The predicted molar refractivity (Wildman–Crippen MR) is 232 cm³/mol.